The molecule has 1 unspecified atom stereocenters. The zero-order valence-electron chi connectivity index (χ0n) is 11.0. The average Bonchev–Trinajstić information content (AvgIpc) is 2.34. The Morgan fingerprint density at radius 2 is 2.05 bits per heavy atom. The number of hydrogen-bond donors (Lipinski definition) is 2. The minimum atomic E-state index is -3.46. The van der Waals surface area contributed by atoms with Crippen LogP contribution < -0.4 is 10.6 Å². The van der Waals surface area contributed by atoms with Gasteiger partial charge in [0.25, 0.3) is 5.69 Å². The summed E-state index contributed by atoms with van der Waals surface area (Å²) < 4.78 is 22.8. The highest BCUT2D eigenvalue weighted by Gasteiger charge is 2.18. The van der Waals surface area contributed by atoms with Crippen molar-refractivity contribution in [1.29, 1.82) is 0 Å². The number of sulfone groups is 1. The summed E-state index contributed by atoms with van der Waals surface area (Å²) in [6.45, 7) is 2.42. The third-order valence-corrected chi connectivity index (χ3v) is 3.80. The molecule has 0 saturated heterocycles. The van der Waals surface area contributed by atoms with Crippen LogP contribution in [0.2, 0.25) is 0 Å². The summed E-state index contributed by atoms with van der Waals surface area (Å²) in [7, 11) is -1.67. The maximum absolute atomic E-state index is 11.4. The second-order valence-electron chi connectivity index (χ2n) is 4.28. The van der Waals surface area contributed by atoms with E-state index in [4.69, 9.17) is 0 Å². The lowest BCUT2D eigenvalue weighted by Crippen LogP contribution is -2.29. The van der Waals surface area contributed by atoms with Gasteiger partial charge in [-0.1, -0.05) is 0 Å². The number of rotatable bonds is 6. The first-order valence-corrected chi connectivity index (χ1v) is 7.54. The van der Waals surface area contributed by atoms with Gasteiger partial charge >= 0.3 is 0 Å². The molecule has 1 aromatic carbocycles. The average molecular weight is 287 g/mol. The van der Waals surface area contributed by atoms with E-state index in [1.165, 1.54) is 12.1 Å². The number of likely N-dealkylation sites (N-methyl/N-ethyl adjacent to an activating group) is 1. The monoisotopic (exact) mass is 287 g/mol. The van der Waals surface area contributed by atoms with E-state index in [1.54, 1.807) is 7.05 Å². The first-order valence-electron chi connectivity index (χ1n) is 5.65. The van der Waals surface area contributed by atoms with Gasteiger partial charge in [-0.05, 0) is 26.1 Å². The predicted octanol–water partition coefficient (Wildman–Crippen LogP) is 1.02. The van der Waals surface area contributed by atoms with E-state index in [1.807, 2.05) is 6.92 Å². The minimum absolute atomic E-state index is 0.0635. The summed E-state index contributed by atoms with van der Waals surface area (Å²) in [6.07, 6.45) is 1.02. The first kappa shape index (κ1) is 15.4. The molecule has 0 bridgehead atoms. The highest BCUT2D eigenvalue weighted by molar-refractivity contribution is 7.90. The molecule has 1 aromatic rings. The molecule has 0 fully saturated rings. The summed E-state index contributed by atoms with van der Waals surface area (Å²) in [5.41, 5.74) is 0.0609. The number of benzene rings is 1. The largest absolute Gasteiger partial charge is 0.378 e. The van der Waals surface area contributed by atoms with Gasteiger partial charge in [0.2, 0.25) is 0 Å². The van der Waals surface area contributed by atoms with Gasteiger partial charge in [0, 0.05) is 24.9 Å². The molecule has 0 aliphatic carbocycles. The molecule has 0 saturated carbocycles. The molecular formula is C11H17N3O4S. The number of nitro benzene ring substituents is 1. The van der Waals surface area contributed by atoms with Gasteiger partial charge in [0.05, 0.1) is 9.82 Å². The van der Waals surface area contributed by atoms with Crippen LogP contribution in [0.3, 0.4) is 0 Å². The topological polar surface area (TPSA) is 101 Å². The molecule has 8 heteroatoms. The van der Waals surface area contributed by atoms with Crippen molar-refractivity contribution in [1.82, 2.24) is 5.32 Å². The van der Waals surface area contributed by atoms with Gasteiger partial charge < -0.3 is 10.6 Å². The van der Waals surface area contributed by atoms with Crippen LogP contribution in [0.4, 0.5) is 11.4 Å². The number of anilines is 1. The van der Waals surface area contributed by atoms with Crippen molar-refractivity contribution in [2.45, 2.75) is 17.9 Å². The second kappa shape index (κ2) is 5.98. The third kappa shape index (κ3) is 4.18. The number of nitro groups is 1. The van der Waals surface area contributed by atoms with Crippen molar-refractivity contribution in [2.75, 3.05) is 25.2 Å². The fraction of sp³-hybridized carbons (Fsp3) is 0.455. The van der Waals surface area contributed by atoms with Crippen LogP contribution in [-0.2, 0) is 9.84 Å². The fourth-order valence-corrected chi connectivity index (χ4v) is 2.05. The first-order chi connectivity index (χ1) is 8.75. The molecule has 1 atom stereocenters. The molecule has 0 aromatic heterocycles. The quantitative estimate of drug-likeness (QED) is 0.598. The summed E-state index contributed by atoms with van der Waals surface area (Å²) in [5.74, 6) is 0. The normalized spacial score (nSPS) is 13.0. The molecule has 0 heterocycles. The molecule has 19 heavy (non-hydrogen) atoms. The smallest absolute Gasteiger partial charge is 0.293 e. The lowest BCUT2D eigenvalue weighted by atomic mass is 10.2. The zero-order valence-corrected chi connectivity index (χ0v) is 11.8. The standard InChI is InChI=1S/C11H17N3O4S/c1-8(12-2)7-13-10-5-4-9(19(3,17)18)6-11(10)14(15)16/h4-6,8,12-13H,7H2,1-3H3. The van der Waals surface area contributed by atoms with Crippen molar-refractivity contribution in [3.05, 3.63) is 28.3 Å². The van der Waals surface area contributed by atoms with E-state index >= 15 is 0 Å². The van der Waals surface area contributed by atoms with Gasteiger partial charge in [-0.15, -0.1) is 0 Å². The second-order valence-corrected chi connectivity index (χ2v) is 6.29. The van der Waals surface area contributed by atoms with Crippen molar-refractivity contribution in [2.24, 2.45) is 0 Å². The van der Waals surface area contributed by atoms with Crippen LogP contribution in [0.15, 0.2) is 23.1 Å². The van der Waals surface area contributed by atoms with Crippen molar-refractivity contribution in [3.8, 4) is 0 Å². The van der Waals surface area contributed by atoms with Crippen molar-refractivity contribution in [3.63, 3.8) is 0 Å². The molecule has 106 valence electrons. The molecule has 7 nitrogen and oxygen atoms in total. The van der Waals surface area contributed by atoms with E-state index < -0.39 is 14.8 Å². The van der Waals surface area contributed by atoms with Crippen LogP contribution in [0.1, 0.15) is 6.92 Å². The Balaban J connectivity index is 3.09. The SMILES string of the molecule is CNC(C)CNc1ccc(S(C)(=O)=O)cc1[N+](=O)[O-]. The fourth-order valence-electron chi connectivity index (χ4n) is 1.41. The van der Waals surface area contributed by atoms with Crippen LogP contribution in [0, 0.1) is 10.1 Å². The van der Waals surface area contributed by atoms with Gasteiger partial charge in [-0.25, -0.2) is 8.42 Å². The number of hydrogen-bond acceptors (Lipinski definition) is 6. The maximum Gasteiger partial charge on any atom is 0.293 e. The summed E-state index contributed by atoms with van der Waals surface area (Å²) in [4.78, 5) is 10.3. The highest BCUT2D eigenvalue weighted by atomic mass is 32.2. The Kier molecular flexibility index (Phi) is 4.84. The molecule has 0 radical (unpaired) electrons. The van der Waals surface area contributed by atoms with E-state index in [0.717, 1.165) is 12.3 Å². The summed E-state index contributed by atoms with van der Waals surface area (Å²) in [5, 5.41) is 16.9. The molecule has 0 amide bonds. The van der Waals surface area contributed by atoms with Gasteiger partial charge in [0.15, 0.2) is 9.84 Å². The van der Waals surface area contributed by atoms with E-state index in [-0.39, 0.29) is 16.6 Å². The Morgan fingerprint density at radius 1 is 1.42 bits per heavy atom. The van der Waals surface area contributed by atoms with E-state index in [9.17, 15) is 18.5 Å². The highest BCUT2D eigenvalue weighted by Crippen LogP contribution is 2.27. The number of nitrogens with zero attached hydrogens (tertiary/aromatic N) is 1. The maximum atomic E-state index is 11.4. The Hall–Kier alpha value is -1.67. The molecule has 1 rings (SSSR count). The van der Waals surface area contributed by atoms with Crippen molar-refractivity contribution < 1.29 is 13.3 Å². The molecule has 2 N–H and O–H groups in total. The third-order valence-electron chi connectivity index (χ3n) is 2.69. The molecule has 0 spiro atoms. The molecule has 0 aliphatic heterocycles. The van der Waals surface area contributed by atoms with Crippen LogP contribution in [-0.4, -0.2) is 39.2 Å². The Bertz CT molecular complexity index is 571. The Morgan fingerprint density at radius 3 is 2.53 bits per heavy atom. The lowest BCUT2D eigenvalue weighted by Gasteiger charge is -2.13. The van der Waals surface area contributed by atoms with Gasteiger partial charge in [0.1, 0.15) is 5.69 Å². The summed E-state index contributed by atoms with van der Waals surface area (Å²) in [6, 6.07) is 3.97. The molecule has 0 aliphatic rings. The number of nitrogens with one attached hydrogen (secondary N) is 2. The minimum Gasteiger partial charge on any atom is -0.378 e. The van der Waals surface area contributed by atoms with Gasteiger partial charge in [-0.3, -0.25) is 10.1 Å². The van der Waals surface area contributed by atoms with Crippen LogP contribution >= 0.6 is 0 Å². The zero-order chi connectivity index (χ0) is 14.6. The lowest BCUT2D eigenvalue weighted by molar-refractivity contribution is -0.384. The van der Waals surface area contributed by atoms with Crippen LogP contribution in [0.25, 0.3) is 0 Å². The van der Waals surface area contributed by atoms with Gasteiger partial charge in [-0.2, -0.15) is 0 Å². The Labute approximate surface area is 112 Å². The van der Waals surface area contributed by atoms with E-state index in [0.29, 0.717) is 12.2 Å². The van der Waals surface area contributed by atoms with Crippen LogP contribution in [0.5, 0.6) is 0 Å². The predicted molar refractivity (Wildman–Crippen MR) is 73.2 cm³/mol. The van der Waals surface area contributed by atoms with Crippen molar-refractivity contribution >= 4 is 21.2 Å². The van der Waals surface area contributed by atoms with E-state index in [2.05, 4.69) is 10.6 Å². The summed E-state index contributed by atoms with van der Waals surface area (Å²) >= 11 is 0. The molecular weight excluding hydrogens is 270 g/mol.